The van der Waals surface area contributed by atoms with Gasteiger partial charge in [-0.15, -0.1) is 0 Å². The van der Waals surface area contributed by atoms with E-state index in [2.05, 4.69) is 34.2 Å². The average Bonchev–Trinajstić information content (AvgIpc) is 2.39. The van der Waals surface area contributed by atoms with Gasteiger partial charge in [0.2, 0.25) is 5.82 Å². The van der Waals surface area contributed by atoms with Gasteiger partial charge >= 0.3 is 5.69 Å². The Morgan fingerprint density at radius 2 is 2.25 bits per heavy atom. The van der Waals surface area contributed by atoms with Crippen LogP contribution < -0.4 is 11.1 Å². The van der Waals surface area contributed by atoms with Crippen LogP contribution in [0.3, 0.4) is 0 Å². The number of nitrogen functional groups attached to an aromatic ring is 1. The molecule has 1 unspecified atom stereocenters. The number of piperazine rings is 1. The van der Waals surface area contributed by atoms with E-state index in [-0.39, 0.29) is 23.4 Å². The second kappa shape index (κ2) is 6.02. The molecule has 20 heavy (non-hydrogen) atoms. The molecule has 1 fully saturated rings. The molecular formula is C12H20N6O2. The van der Waals surface area contributed by atoms with Crippen molar-refractivity contribution in [2.45, 2.75) is 6.04 Å². The number of nitro groups is 1. The van der Waals surface area contributed by atoms with Crippen molar-refractivity contribution in [3.8, 4) is 0 Å². The van der Waals surface area contributed by atoms with Crippen molar-refractivity contribution in [3.63, 3.8) is 0 Å². The van der Waals surface area contributed by atoms with E-state index in [9.17, 15) is 10.1 Å². The van der Waals surface area contributed by atoms with Crippen LogP contribution >= 0.6 is 0 Å². The predicted molar refractivity (Wildman–Crippen MR) is 77.7 cm³/mol. The second-order valence-electron chi connectivity index (χ2n) is 5.14. The van der Waals surface area contributed by atoms with Crippen LogP contribution in [0.1, 0.15) is 0 Å². The highest BCUT2D eigenvalue weighted by molar-refractivity contribution is 5.59. The van der Waals surface area contributed by atoms with Crippen molar-refractivity contribution in [2.75, 3.05) is 51.3 Å². The van der Waals surface area contributed by atoms with Gasteiger partial charge in [0, 0.05) is 38.3 Å². The number of aromatic nitrogens is 1. The monoisotopic (exact) mass is 280 g/mol. The van der Waals surface area contributed by atoms with Crippen molar-refractivity contribution in [2.24, 2.45) is 0 Å². The summed E-state index contributed by atoms with van der Waals surface area (Å²) >= 11 is 0. The Morgan fingerprint density at radius 3 is 2.95 bits per heavy atom. The van der Waals surface area contributed by atoms with E-state index < -0.39 is 4.92 Å². The molecular weight excluding hydrogens is 260 g/mol. The van der Waals surface area contributed by atoms with Crippen molar-refractivity contribution in [1.82, 2.24) is 14.8 Å². The van der Waals surface area contributed by atoms with Crippen LogP contribution in [0.25, 0.3) is 0 Å². The molecule has 0 radical (unpaired) electrons. The van der Waals surface area contributed by atoms with Gasteiger partial charge in [0.1, 0.15) is 5.82 Å². The topological polar surface area (TPSA) is 101 Å². The third-order valence-corrected chi connectivity index (χ3v) is 3.58. The zero-order valence-electron chi connectivity index (χ0n) is 11.7. The molecule has 3 N–H and O–H groups in total. The summed E-state index contributed by atoms with van der Waals surface area (Å²) in [6, 6.07) is 3.10. The molecule has 2 rings (SSSR count). The first-order valence-electron chi connectivity index (χ1n) is 6.51. The molecule has 110 valence electrons. The molecule has 8 heteroatoms. The van der Waals surface area contributed by atoms with E-state index >= 15 is 0 Å². The van der Waals surface area contributed by atoms with E-state index in [1.54, 1.807) is 0 Å². The normalized spacial score (nSPS) is 20.8. The van der Waals surface area contributed by atoms with E-state index in [1.807, 2.05) is 0 Å². The van der Waals surface area contributed by atoms with Gasteiger partial charge in [0.15, 0.2) is 0 Å². The molecule has 0 bridgehead atoms. The summed E-state index contributed by atoms with van der Waals surface area (Å²) in [5, 5.41) is 14.0. The molecule has 1 aliphatic heterocycles. The fourth-order valence-electron chi connectivity index (χ4n) is 2.28. The molecule has 0 aliphatic carbocycles. The number of nitrogens with two attached hydrogens (primary N) is 1. The zero-order valence-corrected chi connectivity index (χ0v) is 11.7. The standard InChI is InChI=1S/C12H20N6O2/c1-16-5-6-17(2)9(8-16)7-14-12-10(18(19)20)3-4-11(13)15-12/h3-4,9H,5-8H2,1-2H3,(H3,13,14,15). The van der Waals surface area contributed by atoms with Crippen LogP contribution in [0.5, 0.6) is 0 Å². The number of hydrogen-bond donors (Lipinski definition) is 2. The van der Waals surface area contributed by atoms with Crippen molar-refractivity contribution in [3.05, 3.63) is 22.2 Å². The second-order valence-corrected chi connectivity index (χ2v) is 5.14. The lowest BCUT2D eigenvalue weighted by Crippen LogP contribution is -2.52. The first kappa shape index (κ1) is 14.5. The van der Waals surface area contributed by atoms with Gasteiger partial charge in [-0.25, -0.2) is 4.98 Å². The quantitative estimate of drug-likeness (QED) is 0.601. The number of hydrogen-bond acceptors (Lipinski definition) is 7. The molecule has 0 saturated carbocycles. The van der Waals surface area contributed by atoms with Gasteiger partial charge < -0.3 is 16.0 Å². The first-order valence-corrected chi connectivity index (χ1v) is 6.51. The Bertz CT molecular complexity index is 495. The Morgan fingerprint density at radius 1 is 1.50 bits per heavy atom. The van der Waals surface area contributed by atoms with Crippen molar-refractivity contribution in [1.29, 1.82) is 0 Å². The van der Waals surface area contributed by atoms with Gasteiger partial charge in [-0.2, -0.15) is 0 Å². The number of nitrogens with zero attached hydrogens (tertiary/aromatic N) is 4. The van der Waals surface area contributed by atoms with Gasteiger partial charge in [0.25, 0.3) is 0 Å². The number of anilines is 2. The Hall–Kier alpha value is -1.93. The van der Waals surface area contributed by atoms with E-state index in [4.69, 9.17) is 5.73 Å². The van der Waals surface area contributed by atoms with Gasteiger partial charge in [-0.05, 0) is 20.2 Å². The SMILES string of the molecule is CN1CCN(C)C(CNc2nc(N)ccc2[N+](=O)[O-])C1. The summed E-state index contributed by atoms with van der Waals surface area (Å²) < 4.78 is 0. The van der Waals surface area contributed by atoms with Crippen molar-refractivity contribution >= 4 is 17.3 Å². The molecule has 0 aromatic carbocycles. The Labute approximate surface area is 117 Å². The maximum absolute atomic E-state index is 11.0. The highest BCUT2D eigenvalue weighted by atomic mass is 16.6. The molecule has 1 aliphatic rings. The fraction of sp³-hybridized carbons (Fsp3) is 0.583. The smallest absolute Gasteiger partial charge is 0.311 e. The predicted octanol–water partition coefficient (Wildman–Crippen LogP) is 0.230. The minimum atomic E-state index is -0.453. The number of likely N-dealkylation sites (N-methyl/N-ethyl adjacent to an activating group) is 2. The molecule has 0 spiro atoms. The maximum Gasteiger partial charge on any atom is 0.311 e. The van der Waals surface area contributed by atoms with Gasteiger partial charge in [-0.1, -0.05) is 0 Å². The molecule has 1 aromatic heterocycles. The molecule has 1 aromatic rings. The zero-order chi connectivity index (χ0) is 14.7. The van der Waals surface area contributed by atoms with E-state index in [0.717, 1.165) is 19.6 Å². The highest BCUT2D eigenvalue weighted by Crippen LogP contribution is 2.23. The third-order valence-electron chi connectivity index (χ3n) is 3.58. The van der Waals surface area contributed by atoms with E-state index in [1.165, 1.54) is 12.1 Å². The third kappa shape index (κ3) is 3.34. The largest absolute Gasteiger partial charge is 0.384 e. The van der Waals surface area contributed by atoms with Gasteiger partial charge in [0.05, 0.1) is 4.92 Å². The Kier molecular flexibility index (Phi) is 4.35. The lowest BCUT2D eigenvalue weighted by molar-refractivity contribution is -0.384. The van der Waals surface area contributed by atoms with Crippen LogP contribution in [0.2, 0.25) is 0 Å². The summed E-state index contributed by atoms with van der Waals surface area (Å²) in [6.07, 6.45) is 0. The minimum Gasteiger partial charge on any atom is -0.384 e. The number of rotatable bonds is 4. The minimum absolute atomic E-state index is 0.0500. The summed E-state index contributed by atoms with van der Waals surface area (Å²) in [4.78, 5) is 19.0. The van der Waals surface area contributed by atoms with E-state index in [0.29, 0.717) is 6.54 Å². The first-order chi connectivity index (χ1) is 9.47. The van der Waals surface area contributed by atoms with Gasteiger partial charge in [-0.3, -0.25) is 15.0 Å². The average molecular weight is 280 g/mol. The molecule has 1 atom stereocenters. The van der Waals surface area contributed by atoms with Crippen LogP contribution in [-0.4, -0.2) is 66.0 Å². The van der Waals surface area contributed by atoms with Crippen LogP contribution in [0.4, 0.5) is 17.3 Å². The van der Waals surface area contributed by atoms with Crippen LogP contribution in [-0.2, 0) is 0 Å². The fourth-order valence-corrected chi connectivity index (χ4v) is 2.28. The summed E-state index contributed by atoms with van der Waals surface area (Å²) in [7, 11) is 4.13. The summed E-state index contributed by atoms with van der Waals surface area (Å²) in [6.45, 7) is 3.52. The number of pyridine rings is 1. The highest BCUT2D eigenvalue weighted by Gasteiger charge is 2.23. The van der Waals surface area contributed by atoms with Crippen LogP contribution in [0, 0.1) is 10.1 Å². The molecule has 1 saturated heterocycles. The number of nitrogens with one attached hydrogen (secondary N) is 1. The lowest BCUT2D eigenvalue weighted by Gasteiger charge is -2.37. The molecule has 8 nitrogen and oxygen atoms in total. The van der Waals surface area contributed by atoms with Crippen molar-refractivity contribution < 1.29 is 4.92 Å². The molecule has 0 amide bonds. The summed E-state index contributed by atoms with van der Waals surface area (Å²) in [5.41, 5.74) is 5.54. The molecule has 2 heterocycles. The lowest BCUT2D eigenvalue weighted by atomic mass is 10.2. The maximum atomic E-state index is 11.0. The Balaban J connectivity index is 2.06. The summed E-state index contributed by atoms with van der Waals surface area (Å²) in [5.74, 6) is 0.504. The van der Waals surface area contributed by atoms with Crippen LogP contribution in [0.15, 0.2) is 12.1 Å².